The Labute approximate surface area is 62.3 Å². The topological polar surface area (TPSA) is 21.3 Å². The first kappa shape index (κ1) is 7.76. The molecule has 1 heterocycles. The second-order valence-corrected chi connectivity index (χ2v) is 2.68. The van der Waals surface area contributed by atoms with Gasteiger partial charge in [0.2, 0.25) is 0 Å². The second-order valence-electron chi connectivity index (χ2n) is 2.68. The molecule has 0 aliphatic carbocycles. The number of ether oxygens (including phenoxy) is 1. The third kappa shape index (κ3) is 1.82. The van der Waals surface area contributed by atoms with E-state index < -0.39 is 0 Å². The highest BCUT2D eigenvalue weighted by Gasteiger charge is 2.16. The monoisotopic (exact) mass is 141 g/mol. The van der Waals surface area contributed by atoms with Crippen molar-refractivity contribution in [3.63, 3.8) is 0 Å². The van der Waals surface area contributed by atoms with Crippen molar-refractivity contribution in [2.75, 3.05) is 20.3 Å². The van der Waals surface area contributed by atoms with E-state index in [-0.39, 0.29) is 0 Å². The van der Waals surface area contributed by atoms with Crippen molar-refractivity contribution in [2.24, 2.45) is 0 Å². The molecule has 1 N–H and O–H groups in total. The van der Waals surface area contributed by atoms with Crippen LogP contribution in [0.5, 0.6) is 0 Å². The van der Waals surface area contributed by atoms with Crippen LogP contribution in [0.25, 0.3) is 0 Å². The van der Waals surface area contributed by atoms with Crippen molar-refractivity contribution in [2.45, 2.75) is 19.4 Å². The summed E-state index contributed by atoms with van der Waals surface area (Å²) >= 11 is 0. The Bertz CT molecular complexity index is 131. The highest BCUT2D eigenvalue weighted by Crippen LogP contribution is 2.11. The van der Waals surface area contributed by atoms with E-state index in [0.717, 1.165) is 19.6 Å². The Morgan fingerprint density at radius 1 is 1.80 bits per heavy atom. The lowest BCUT2D eigenvalue weighted by Crippen LogP contribution is -2.25. The van der Waals surface area contributed by atoms with E-state index in [4.69, 9.17) is 4.74 Å². The molecule has 0 aromatic heterocycles. The maximum absolute atomic E-state index is 5.03. The Morgan fingerprint density at radius 2 is 2.60 bits per heavy atom. The zero-order valence-electron chi connectivity index (χ0n) is 6.68. The third-order valence-corrected chi connectivity index (χ3v) is 1.90. The minimum Gasteiger partial charge on any atom is -0.383 e. The zero-order valence-corrected chi connectivity index (χ0v) is 6.68. The van der Waals surface area contributed by atoms with Gasteiger partial charge in [-0.1, -0.05) is 11.6 Å². The lowest BCUT2D eigenvalue weighted by molar-refractivity contribution is 0.174. The average Bonchev–Trinajstić information content (AvgIpc) is 2.37. The average molecular weight is 141 g/mol. The summed E-state index contributed by atoms with van der Waals surface area (Å²) in [5.74, 6) is 0. The van der Waals surface area contributed by atoms with Gasteiger partial charge in [0, 0.05) is 19.7 Å². The maximum Gasteiger partial charge on any atom is 0.0619 e. The molecule has 0 saturated carbocycles. The molecule has 1 aliphatic rings. The van der Waals surface area contributed by atoms with Crippen LogP contribution in [-0.2, 0) is 4.74 Å². The van der Waals surface area contributed by atoms with Crippen LogP contribution in [-0.4, -0.2) is 26.3 Å². The summed E-state index contributed by atoms with van der Waals surface area (Å²) in [5, 5.41) is 3.37. The summed E-state index contributed by atoms with van der Waals surface area (Å²) in [5.41, 5.74) is 1.50. The predicted molar refractivity (Wildman–Crippen MR) is 42.0 cm³/mol. The van der Waals surface area contributed by atoms with Crippen LogP contribution >= 0.6 is 0 Å². The van der Waals surface area contributed by atoms with Crippen molar-refractivity contribution < 1.29 is 4.74 Å². The highest BCUT2D eigenvalue weighted by molar-refractivity contribution is 5.10. The molecule has 1 saturated heterocycles. The summed E-state index contributed by atoms with van der Waals surface area (Å²) in [6.45, 7) is 3.97. The van der Waals surface area contributed by atoms with E-state index in [2.05, 4.69) is 18.3 Å². The lowest BCUT2D eigenvalue weighted by Gasteiger charge is -2.05. The Hall–Kier alpha value is -0.340. The molecule has 1 atom stereocenters. The molecular weight excluding hydrogens is 126 g/mol. The van der Waals surface area contributed by atoms with Gasteiger partial charge in [-0.25, -0.2) is 0 Å². The van der Waals surface area contributed by atoms with Crippen LogP contribution in [0.3, 0.4) is 0 Å². The number of allylic oxidation sites excluding steroid dienone is 1. The minimum atomic E-state index is 0.552. The van der Waals surface area contributed by atoms with E-state index in [1.807, 2.05) is 0 Å². The number of methoxy groups -OCH3 is 1. The molecule has 1 aliphatic heterocycles. The molecule has 1 fully saturated rings. The molecule has 0 spiro atoms. The van der Waals surface area contributed by atoms with Gasteiger partial charge in [0.25, 0.3) is 0 Å². The van der Waals surface area contributed by atoms with Crippen LogP contribution in [0.15, 0.2) is 11.6 Å². The van der Waals surface area contributed by atoms with Gasteiger partial charge in [-0.15, -0.1) is 0 Å². The molecule has 0 radical (unpaired) electrons. The van der Waals surface area contributed by atoms with Crippen LogP contribution in [0, 0.1) is 0 Å². The molecule has 58 valence electrons. The van der Waals surface area contributed by atoms with Gasteiger partial charge < -0.3 is 10.1 Å². The van der Waals surface area contributed by atoms with Gasteiger partial charge in [-0.2, -0.15) is 0 Å². The quantitative estimate of drug-likeness (QED) is 0.578. The first-order valence-electron chi connectivity index (χ1n) is 3.73. The van der Waals surface area contributed by atoms with E-state index in [1.165, 1.54) is 5.57 Å². The molecule has 1 unspecified atom stereocenters. The van der Waals surface area contributed by atoms with E-state index in [9.17, 15) is 0 Å². The first-order chi connectivity index (χ1) is 4.86. The molecule has 0 aromatic rings. The van der Waals surface area contributed by atoms with Crippen LogP contribution in [0.2, 0.25) is 0 Å². The van der Waals surface area contributed by atoms with Crippen molar-refractivity contribution in [3.05, 3.63) is 11.6 Å². The molecule has 0 bridgehead atoms. The summed E-state index contributed by atoms with van der Waals surface area (Å²) < 4.78 is 5.03. The number of nitrogens with one attached hydrogen (secondary N) is 1. The molecule has 1 rings (SSSR count). The third-order valence-electron chi connectivity index (χ3n) is 1.90. The van der Waals surface area contributed by atoms with Gasteiger partial charge in [0.1, 0.15) is 0 Å². The largest absolute Gasteiger partial charge is 0.383 e. The standard InChI is InChI=1S/C8H15NO/c1-3-7-4-8(6-10-2)9-5-7/h3,8-9H,4-6H2,1-2H3/b7-3-. The smallest absolute Gasteiger partial charge is 0.0619 e. The fourth-order valence-electron chi connectivity index (χ4n) is 1.28. The Morgan fingerprint density at radius 3 is 3.10 bits per heavy atom. The van der Waals surface area contributed by atoms with Crippen LogP contribution < -0.4 is 5.32 Å². The van der Waals surface area contributed by atoms with Gasteiger partial charge in [0.05, 0.1) is 6.61 Å². The zero-order chi connectivity index (χ0) is 7.40. The Kier molecular flexibility index (Phi) is 2.90. The first-order valence-corrected chi connectivity index (χ1v) is 3.73. The fraction of sp³-hybridized carbons (Fsp3) is 0.750. The molecule has 10 heavy (non-hydrogen) atoms. The molecular formula is C8H15NO. The second kappa shape index (κ2) is 3.74. The van der Waals surface area contributed by atoms with Gasteiger partial charge in [-0.3, -0.25) is 0 Å². The molecule has 0 amide bonds. The van der Waals surface area contributed by atoms with E-state index in [0.29, 0.717) is 6.04 Å². The van der Waals surface area contributed by atoms with Crippen LogP contribution in [0.1, 0.15) is 13.3 Å². The van der Waals surface area contributed by atoms with Gasteiger partial charge in [0.15, 0.2) is 0 Å². The van der Waals surface area contributed by atoms with Crippen molar-refractivity contribution in [1.29, 1.82) is 0 Å². The van der Waals surface area contributed by atoms with E-state index in [1.54, 1.807) is 7.11 Å². The minimum absolute atomic E-state index is 0.552. The van der Waals surface area contributed by atoms with E-state index >= 15 is 0 Å². The SMILES string of the molecule is C/C=C1\CNC(COC)C1. The number of rotatable bonds is 2. The Balaban J connectivity index is 2.29. The predicted octanol–water partition coefficient (Wildman–Crippen LogP) is 0.941. The fourth-order valence-corrected chi connectivity index (χ4v) is 1.28. The van der Waals surface area contributed by atoms with Crippen molar-refractivity contribution in [3.8, 4) is 0 Å². The van der Waals surface area contributed by atoms with Crippen LogP contribution in [0.4, 0.5) is 0 Å². The highest BCUT2D eigenvalue weighted by atomic mass is 16.5. The van der Waals surface area contributed by atoms with Crippen molar-refractivity contribution >= 4 is 0 Å². The molecule has 2 nitrogen and oxygen atoms in total. The van der Waals surface area contributed by atoms with Gasteiger partial charge >= 0.3 is 0 Å². The molecule has 2 heteroatoms. The maximum atomic E-state index is 5.03. The summed E-state index contributed by atoms with van der Waals surface area (Å²) in [4.78, 5) is 0. The summed E-state index contributed by atoms with van der Waals surface area (Å²) in [6.07, 6.45) is 3.34. The lowest BCUT2D eigenvalue weighted by atomic mass is 10.1. The molecule has 0 aromatic carbocycles. The van der Waals surface area contributed by atoms with Gasteiger partial charge in [-0.05, 0) is 13.3 Å². The summed E-state index contributed by atoms with van der Waals surface area (Å²) in [6, 6.07) is 0.552. The number of hydrogen-bond acceptors (Lipinski definition) is 2. The normalized spacial score (nSPS) is 29.8. The van der Waals surface area contributed by atoms with Crippen molar-refractivity contribution in [1.82, 2.24) is 5.32 Å². The summed E-state index contributed by atoms with van der Waals surface area (Å²) in [7, 11) is 1.75. The number of hydrogen-bond donors (Lipinski definition) is 1.